The number of aryl methyl sites for hydroxylation is 1. The molecule has 0 fully saturated rings. The molecule has 0 saturated heterocycles. The zero-order valence-electron chi connectivity index (χ0n) is 10.4. The largest absolute Gasteiger partial charge is 0.306 e. The predicted octanol–water partition coefficient (Wildman–Crippen LogP) is 4.71. The predicted molar refractivity (Wildman–Crippen MR) is 82.6 cm³/mol. The molecule has 0 amide bonds. The zero-order chi connectivity index (χ0) is 13.0. The Bertz CT molecular complexity index is 938. The number of rotatable bonds is 0. The third-order valence-corrected chi connectivity index (χ3v) is 4.17. The summed E-state index contributed by atoms with van der Waals surface area (Å²) in [6.45, 7) is 2.16. The van der Waals surface area contributed by atoms with Gasteiger partial charge in [0.1, 0.15) is 0 Å². The number of benzene rings is 2. The van der Waals surface area contributed by atoms with E-state index in [1.165, 1.54) is 22.0 Å². The van der Waals surface area contributed by atoms with E-state index in [2.05, 4.69) is 74.7 Å². The van der Waals surface area contributed by atoms with Gasteiger partial charge in [0, 0.05) is 9.86 Å². The first-order valence-electron chi connectivity index (χ1n) is 6.20. The molecule has 92 valence electrons. The van der Waals surface area contributed by atoms with Crippen LogP contribution in [0.4, 0.5) is 0 Å². The Balaban J connectivity index is 2.36. The van der Waals surface area contributed by atoms with Gasteiger partial charge in [-0.15, -0.1) is 0 Å². The minimum absolute atomic E-state index is 1.00. The standard InChI is InChI=1S/C16H11BrN2/c1-10-12-4-2-3-5-14(12)19-15-7-6-11(17)8-13(15)18-9-16(10)19/h2-9H,1H3. The van der Waals surface area contributed by atoms with E-state index in [4.69, 9.17) is 0 Å². The van der Waals surface area contributed by atoms with Crippen LogP contribution in [0.2, 0.25) is 0 Å². The molecule has 0 saturated carbocycles. The van der Waals surface area contributed by atoms with E-state index in [9.17, 15) is 0 Å². The maximum Gasteiger partial charge on any atom is 0.0882 e. The fourth-order valence-electron chi connectivity index (χ4n) is 2.76. The van der Waals surface area contributed by atoms with E-state index < -0.39 is 0 Å². The Kier molecular flexibility index (Phi) is 2.21. The minimum Gasteiger partial charge on any atom is -0.306 e. The van der Waals surface area contributed by atoms with Crippen LogP contribution in [0.5, 0.6) is 0 Å². The molecule has 0 N–H and O–H groups in total. The van der Waals surface area contributed by atoms with Gasteiger partial charge in [-0.3, -0.25) is 4.98 Å². The highest BCUT2D eigenvalue weighted by atomic mass is 79.9. The summed E-state index contributed by atoms with van der Waals surface area (Å²) in [6, 6.07) is 14.7. The third-order valence-electron chi connectivity index (χ3n) is 3.68. The Morgan fingerprint density at radius 3 is 2.74 bits per heavy atom. The summed E-state index contributed by atoms with van der Waals surface area (Å²) >= 11 is 3.50. The van der Waals surface area contributed by atoms with E-state index in [1.54, 1.807) is 0 Å². The Morgan fingerprint density at radius 1 is 1.00 bits per heavy atom. The lowest BCUT2D eigenvalue weighted by Crippen LogP contribution is -1.90. The average Bonchev–Trinajstić information content (AvgIpc) is 2.73. The van der Waals surface area contributed by atoms with Crippen LogP contribution >= 0.6 is 15.9 Å². The van der Waals surface area contributed by atoms with Crippen molar-refractivity contribution in [2.75, 3.05) is 0 Å². The summed E-state index contributed by atoms with van der Waals surface area (Å²) in [6.07, 6.45) is 1.96. The van der Waals surface area contributed by atoms with Crippen LogP contribution in [-0.4, -0.2) is 9.38 Å². The lowest BCUT2D eigenvalue weighted by atomic mass is 10.2. The van der Waals surface area contributed by atoms with Crippen LogP contribution < -0.4 is 0 Å². The third kappa shape index (κ3) is 1.45. The molecule has 2 aromatic heterocycles. The summed E-state index contributed by atoms with van der Waals surface area (Å²) in [5.41, 5.74) is 5.85. The van der Waals surface area contributed by atoms with E-state index >= 15 is 0 Å². The fourth-order valence-corrected chi connectivity index (χ4v) is 3.10. The normalized spacial score (nSPS) is 11.7. The Hall–Kier alpha value is -1.87. The zero-order valence-corrected chi connectivity index (χ0v) is 12.0. The molecule has 0 unspecified atom stereocenters. The summed E-state index contributed by atoms with van der Waals surface area (Å²) in [5, 5.41) is 1.29. The van der Waals surface area contributed by atoms with Crippen LogP contribution in [-0.2, 0) is 0 Å². The smallest absolute Gasteiger partial charge is 0.0882 e. The molecule has 19 heavy (non-hydrogen) atoms. The molecule has 0 atom stereocenters. The molecule has 2 aromatic carbocycles. The van der Waals surface area contributed by atoms with Crippen LogP contribution in [0.15, 0.2) is 53.1 Å². The number of hydrogen-bond donors (Lipinski definition) is 0. The van der Waals surface area contributed by atoms with Gasteiger partial charge in [-0.05, 0) is 36.8 Å². The second-order valence-electron chi connectivity index (χ2n) is 4.75. The number of halogens is 1. The molecular weight excluding hydrogens is 300 g/mol. The van der Waals surface area contributed by atoms with Crippen molar-refractivity contribution in [3.05, 3.63) is 58.7 Å². The highest BCUT2D eigenvalue weighted by molar-refractivity contribution is 9.10. The molecule has 0 aliphatic rings. The van der Waals surface area contributed by atoms with Crippen molar-refractivity contribution >= 4 is 43.4 Å². The van der Waals surface area contributed by atoms with Gasteiger partial charge in [0.25, 0.3) is 0 Å². The molecule has 0 bridgehead atoms. The summed E-state index contributed by atoms with van der Waals surface area (Å²) in [5.74, 6) is 0. The van der Waals surface area contributed by atoms with Gasteiger partial charge in [0.2, 0.25) is 0 Å². The van der Waals surface area contributed by atoms with E-state index in [0.717, 1.165) is 15.5 Å². The number of fused-ring (bicyclic) bond motifs is 5. The van der Waals surface area contributed by atoms with Crippen molar-refractivity contribution in [2.45, 2.75) is 6.92 Å². The van der Waals surface area contributed by atoms with Gasteiger partial charge >= 0.3 is 0 Å². The maximum atomic E-state index is 4.58. The molecule has 4 rings (SSSR count). The van der Waals surface area contributed by atoms with Crippen molar-refractivity contribution in [3.63, 3.8) is 0 Å². The van der Waals surface area contributed by atoms with E-state index in [0.29, 0.717) is 0 Å². The van der Waals surface area contributed by atoms with Crippen molar-refractivity contribution in [2.24, 2.45) is 0 Å². The highest BCUT2D eigenvalue weighted by Gasteiger charge is 2.10. The van der Waals surface area contributed by atoms with Gasteiger partial charge in [0.15, 0.2) is 0 Å². The second-order valence-corrected chi connectivity index (χ2v) is 5.67. The van der Waals surface area contributed by atoms with Crippen molar-refractivity contribution in [3.8, 4) is 0 Å². The maximum absolute atomic E-state index is 4.58. The first kappa shape index (κ1) is 11.0. The van der Waals surface area contributed by atoms with Gasteiger partial charge in [0.05, 0.1) is 28.3 Å². The number of aromatic nitrogens is 2. The van der Waals surface area contributed by atoms with Crippen molar-refractivity contribution < 1.29 is 0 Å². The topological polar surface area (TPSA) is 17.3 Å². The van der Waals surface area contributed by atoms with E-state index in [-0.39, 0.29) is 0 Å². The van der Waals surface area contributed by atoms with Gasteiger partial charge in [-0.25, -0.2) is 0 Å². The second kappa shape index (κ2) is 3.81. The monoisotopic (exact) mass is 310 g/mol. The fraction of sp³-hybridized carbons (Fsp3) is 0.0625. The van der Waals surface area contributed by atoms with Crippen molar-refractivity contribution in [1.29, 1.82) is 0 Å². The van der Waals surface area contributed by atoms with Crippen LogP contribution in [0.1, 0.15) is 5.56 Å². The quantitative estimate of drug-likeness (QED) is 0.459. The SMILES string of the molecule is Cc1c2ccccc2n2c1cnc1cc(Br)ccc12. The minimum atomic E-state index is 1.00. The molecule has 2 nitrogen and oxygen atoms in total. The molecule has 2 heterocycles. The summed E-state index contributed by atoms with van der Waals surface area (Å²) in [4.78, 5) is 4.58. The first-order valence-corrected chi connectivity index (χ1v) is 6.99. The van der Waals surface area contributed by atoms with Gasteiger partial charge in [-0.1, -0.05) is 34.1 Å². The van der Waals surface area contributed by atoms with Crippen molar-refractivity contribution in [1.82, 2.24) is 9.38 Å². The van der Waals surface area contributed by atoms with E-state index in [1.807, 2.05) is 6.20 Å². The molecule has 4 aromatic rings. The number of nitrogens with zero attached hydrogens (tertiary/aromatic N) is 2. The lowest BCUT2D eigenvalue weighted by Gasteiger charge is -2.04. The number of hydrogen-bond acceptors (Lipinski definition) is 1. The summed E-state index contributed by atoms with van der Waals surface area (Å²) < 4.78 is 3.35. The summed E-state index contributed by atoms with van der Waals surface area (Å²) in [7, 11) is 0. The Labute approximate surface area is 118 Å². The molecule has 0 aliphatic heterocycles. The first-order chi connectivity index (χ1) is 9.25. The average molecular weight is 311 g/mol. The lowest BCUT2D eigenvalue weighted by molar-refractivity contribution is 1.26. The number of para-hydroxylation sites is 1. The van der Waals surface area contributed by atoms with Crippen LogP contribution in [0.25, 0.3) is 27.5 Å². The van der Waals surface area contributed by atoms with Crippen LogP contribution in [0, 0.1) is 6.92 Å². The molecule has 0 radical (unpaired) electrons. The van der Waals surface area contributed by atoms with Crippen LogP contribution in [0.3, 0.4) is 0 Å². The molecule has 3 heteroatoms. The highest BCUT2D eigenvalue weighted by Crippen LogP contribution is 2.29. The molecular formula is C16H11BrN2. The Morgan fingerprint density at radius 2 is 1.84 bits per heavy atom. The van der Waals surface area contributed by atoms with Gasteiger partial charge < -0.3 is 4.40 Å². The molecule has 0 spiro atoms. The molecule has 0 aliphatic carbocycles. The van der Waals surface area contributed by atoms with Gasteiger partial charge in [-0.2, -0.15) is 0 Å².